The molecule has 2 aromatic carbocycles. The minimum absolute atomic E-state index is 0.201. The van der Waals surface area contributed by atoms with Gasteiger partial charge in [-0.25, -0.2) is 9.18 Å². The fourth-order valence-corrected chi connectivity index (χ4v) is 3.57. The van der Waals surface area contributed by atoms with Crippen LogP contribution in [0.25, 0.3) is 11.1 Å². The number of amides is 2. The van der Waals surface area contributed by atoms with Crippen molar-refractivity contribution in [3.05, 3.63) is 53.8 Å². The Kier molecular flexibility index (Phi) is 6.65. The third kappa shape index (κ3) is 5.23. The molecule has 2 amide bonds. The lowest BCUT2D eigenvalue weighted by Crippen LogP contribution is -2.33. The van der Waals surface area contributed by atoms with Crippen LogP contribution in [0.1, 0.15) is 12.5 Å². The minimum atomic E-state index is -0.559. The third-order valence-electron chi connectivity index (χ3n) is 5.30. The lowest BCUT2D eigenvalue weighted by molar-refractivity contribution is -0.119. The largest absolute Gasteiger partial charge is 0.442 e. The number of nitrogens with zero attached hydrogens (tertiary/aromatic N) is 3. The normalized spacial score (nSPS) is 18.8. The van der Waals surface area contributed by atoms with E-state index in [1.165, 1.54) is 17.9 Å². The number of hydrazone groups is 1. The zero-order chi connectivity index (χ0) is 22.5. The Balaban J connectivity index is 1.42. The third-order valence-corrected chi connectivity index (χ3v) is 5.30. The van der Waals surface area contributed by atoms with Crippen LogP contribution in [0.3, 0.4) is 0 Å². The SMILES string of the molecule is CC(=O)NC[C@H]1CN(c2ccc(-c3ccc(C=NN4CCOCC4)cc3)c(F)c2)C(=O)O1. The second-order valence-electron chi connectivity index (χ2n) is 7.65. The lowest BCUT2D eigenvalue weighted by atomic mass is 10.0. The van der Waals surface area contributed by atoms with Gasteiger partial charge < -0.3 is 14.8 Å². The highest BCUT2D eigenvalue weighted by Crippen LogP contribution is 2.29. The maximum absolute atomic E-state index is 14.9. The Hall–Kier alpha value is -3.46. The molecule has 2 fully saturated rings. The van der Waals surface area contributed by atoms with Gasteiger partial charge in [-0.2, -0.15) is 5.10 Å². The number of carbonyl (C=O) groups excluding carboxylic acids is 2. The molecule has 0 saturated carbocycles. The zero-order valence-electron chi connectivity index (χ0n) is 17.8. The smallest absolute Gasteiger partial charge is 0.414 e. The number of anilines is 1. The van der Waals surface area contributed by atoms with Gasteiger partial charge in [0, 0.05) is 12.5 Å². The van der Waals surface area contributed by atoms with E-state index in [1.807, 2.05) is 29.3 Å². The molecule has 0 unspecified atom stereocenters. The molecule has 1 atom stereocenters. The summed E-state index contributed by atoms with van der Waals surface area (Å²) in [6, 6.07) is 12.1. The Morgan fingerprint density at radius 1 is 1.22 bits per heavy atom. The Labute approximate surface area is 185 Å². The van der Waals surface area contributed by atoms with Gasteiger partial charge in [0.2, 0.25) is 5.91 Å². The van der Waals surface area contributed by atoms with Crippen molar-refractivity contribution in [3.8, 4) is 11.1 Å². The number of morpholine rings is 1. The van der Waals surface area contributed by atoms with Gasteiger partial charge in [0.1, 0.15) is 11.9 Å². The van der Waals surface area contributed by atoms with Crippen molar-refractivity contribution in [2.45, 2.75) is 13.0 Å². The Morgan fingerprint density at radius 3 is 2.66 bits per heavy atom. The summed E-state index contributed by atoms with van der Waals surface area (Å²) in [5, 5.41) is 9.02. The fraction of sp³-hybridized carbons (Fsp3) is 0.348. The topological polar surface area (TPSA) is 83.5 Å². The van der Waals surface area contributed by atoms with Gasteiger partial charge in [-0.3, -0.25) is 14.7 Å². The highest BCUT2D eigenvalue weighted by atomic mass is 19.1. The molecule has 2 aromatic rings. The molecule has 2 saturated heterocycles. The number of benzene rings is 2. The maximum Gasteiger partial charge on any atom is 0.414 e. The molecule has 32 heavy (non-hydrogen) atoms. The molecule has 0 bridgehead atoms. The number of hydrogen-bond acceptors (Lipinski definition) is 6. The second kappa shape index (κ2) is 9.78. The summed E-state index contributed by atoms with van der Waals surface area (Å²) in [4.78, 5) is 24.6. The van der Waals surface area contributed by atoms with E-state index in [9.17, 15) is 14.0 Å². The molecule has 2 heterocycles. The molecule has 0 radical (unpaired) electrons. The summed E-state index contributed by atoms with van der Waals surface area (Å²) in [5.74, 6) is -0.636. The summed E-state index contributed by atoms with van der Waals surface area (Å²) in [6.45, 7) is 4.75. The van der Waals surface area contributed by atoms with Gasteiger partial charge in [0.25, 0.3) is 0 Å². The standard InChI is InChI=1S/C23H25FN4O4/c1-16(29)25-14-20-15-28(23(30)32-20)19-6-7-21(22(24)12-19)18-4-2-17(3-5-18)13-26-27-8-10-31-11-9-27/h2-7,12-13,20H,8-11,14-15H2,1H3,(H,25,29)/t20-/m0/s1. The van der Waals surface area contributed by atoms with Gasteiger partial charge >= 0.3 is 6.09 Å². The van der Waals surface area contributed by atoms with Crippen LogP contribution in [-0.4, -0.2) is 68.7 Å². The van der Waals surface area contributed by atoms with E-state index in [-0.39, 0.29) is 19.0 Å². The first-order valence-corrected chi connectivity index (χ1v) is 10.5. The van der Waals surface area contributed by atoms with Crippen LogP contribution >= 0.6 is 0 Å². The molecular formula is C23H25FN4O4. The fourth-order valence-electron chi connectivity index (χ4n) is 3.57. The molecular weight excluding hydrogens is 415 g/mol. The summed E-state index contributed by atoms with van der Waals surface area (Å²) >= 11 is 0. The van der Waals surface area contributed by atoms with E-state index in [2.05, 4.69) is 10.4 Å². The minimum Gasteiger partial charge on any atom is -0.442 e. The zero-order valence-corrected chi connectivity index (χ0v) is 17.8. The predicted molar refractivity (Wildman–Crippen MR) is 118 cm³/mol. The van der Waals surface area contributed by atoms with Gasteiger partial charge in [-0.05, 0) is 29.3 Å². The number of hydrogen-bond donors (Lipinski definition) is 1. The van der Waals surface area contributed by atoms with Crippen molar-refractivity contribution in [3.63, 3.8) is 0 Å². The summed E-state index contributed by atoms with van der Waals surface area (Å²) in [7, 11) is 0. The number of cyclic esters (lactones) is 1. The first-order chi connectivity index (χ1) is 15.5. The first kappa shape index (κ1) is 21.8. The van der Waals surface area contributed by atoms with Crippen LogP contribution in [-0.2, 0) is 14.3 Å². The molecule has 0 aromatic heterocycles. The number of ether oxygens (including phenoxy) is 2. The molecule has 2 aliphatic heterocycles. The van der Waals surface area contributed by atoms with Crippen LogP contribution in [0, 0.1) is 5.82 Å². The summed E-state index contributed by atoms with van der Waals surface area (Å²) < 4.78 is 25.4. The van der Waals surface area contributed by atoms with Crippen LogP contribution in [0.4, 0.5) is 14.9 Å². The summed E-state index contributed by atoms with van der Waals surface area (Å²) in [6.07, 6.45) is 0.752. The first-order valence-electron chi connectivity index (χ1n) is 10.5. The number of nitrogens with one attached hydrogen (secondary N) is 1. The van der Waals surface area contributed by atoms with Gasteiger partial charge in [0.05, 0.1) is 51.3 Å². The van der Waals surface area contributed by atoms with Gasteiger partial charge in [0.15, 0.2) is 0 Å². The average molecular weight is 440 g/mol. The van der Waals surface area contributed by atoms with Gasteiger partial charge in [-0.15, -0.1) is 0 Å². The molecule has 4 rings (SSSR count). The van der Waals surface area contributed by atoms with E-state index in [0.29, 0.717) is 24.5 Å². The predicted octanol–water partition coefficient (Wildman–Crippen LogP) is 2.62. The van der Waals surface area contributed by atoms with Crippen molar-refractivity contribution >= 4 is 23.9 Å². The van der Waals surface area contributed by atoms with Crippen molar-refractivity contribution in [1.82, 2.24) is 10.3 Å². The Morgan fingerprint density at radius 2 is 1.97 bits per heavy atom. The van der Waals surface area contributed by atoms with Crippen molar-refractivity contribution in [2.75, 3.05) is 44.3 Å². The van der Waals surface area contributed by atoms with Crippen LogP contribution < -0.4 is 10.2 Å². The van der Waals surface area contributed by atoms with E-state index in [1.54, 1.807) is 18.3 Å². The molecule has 9 heteroatoms. The van der Waals surface area contributed by atoms with Crippen LogP contribution in [0.2, 0.25) is 0 Å². The van der Waals surface area contributed by atoms with E-state index in [4.69, 9.17) is 9.47 Å². The average Bonchev–Trinajstić information content (AvgIpc) is 3.18. The van der Waals surface area contributed by atoms with Crippen molar-refractivity contribution in [2.24, 2.45) is 5.10 Å². The van der Waals surface area contributed by atoms with Crippen molar-refractivity contribution < 1.29 is 23.5 Å². The molecule has 1 N–H and O–H groups in total. The van der Waals surface area contributed by atoms with Gasteiger partial charge in [-0.1, -0.05) is 24.3 Å². The quantitative estimate of drug-likeness (QED) is 0.699. The molecule has 0 spiro atoms. The Bertz CT molecular complexity index is 1010. The van der Waals surface area contributed by atoms with Crippen molar-refractivity contribution in [1.29, 1.82) is 0 Å². The highest BCUT2D eigenvalue weighted by Gasteiger charge is 2.32. The second-order valence-corrected chi connectivity index (χ2v) is 7.65. The maximum atomic E-state index is 14.9. The van der Waals surface area contributed by atoms with E-state index < -0.39 is 18.0 Å². The monoisotopic (exact) mass is 440 g/mol. The summed E-state index contributed by atoms with van der Waals surface area (Å²) in [5.41, 5.74) is 2.50. The van der Waals surface area contributed by atoms with Crippen LogP contribution in [0.15, 0.2) is 47.6 Å². The number of carbonyl (C=O) groups is 2. The molecule has 8 nitrogen and oxygen atoms in total. The van der Waals surface area contributed by atoms with Crippen LogP contribution in [0.5, 0.6) is 0 Å². The van der Waals surface area contributed by atoms with E-state index in [0.717, 1.165) is 24.2 Å². The highest BCUT2D eigenvalue weighted by molar-refractivity contribution is 5.90. The number of rotatable bonds is 6. The molecule has 2 aliphatic rings. The molecule has 0 aliphatic carbocycles. The lowest BCUT2D eigenvalue weighted by Gasteiger charge is -2.23. The number of halogens is 1. The van der Waals surface area contributed by atoms with E-state index >= 15 is 0 Å². The molecule has 168 valence electrons.